The summed E-state index contributed by atoms with van der Waals surface area (Å²) >= 11 is 7.24. The smallest absolute Gasteiger partial charge is 0.412 e. The van der Waals surface area contributed by atoms with E-state index in [0.29, 0.717) is 32.8 Å². The standard InChI is InChI=1S/C15H15ClN2O4S/c1-15(2,3)22-13(20)18-12-5-4-9(6-11(12)16)21-14-17-7-10(8-19)23-14/h4-8H,1-3H3,(H,18,20). The highest BCUT2D eigenvalue weighted by molar-refractivity contribution is 7.15. The van der Waals surface area contributed by atoms with E-state index in [4.69, 9.17) is 21.1 Å². The number of anilines is 1. The molecule has 0 bridgehead atoms. The second-order valence-corrected chi connectivity index (χ2v) is 6.95. The second-order valence-electron chi connectivity index (χ2n) is 5.52. The molecule has 0 atom stereocenters. The van der Waals surface area contributed by atoms with Gasteiger partial charge in [0.1, 0.15) is 11.4 Å². The number of carbonyl (C=O) groups excluding carboxylic acids is 2. The highest BCUT2D eigenvalue weighted by atomic mass is 35.5. The van der Waals surface area contributed by atoms with E-state index >= 15 is 0 Å². The first-order valence-electron chi connectivity index (χ1n) is 6.65. The van der Waals surface area contributed by atoms with Crippen molar-refractivity contribution in [2.24, 2.45) is 0 Å². The van der Waals surface area contributed by atoms with Gasteiger partial charge in [-0.2, -0.15) is 0 Å². The Morgan fingerprint density at radius 2 is 2.13 bits per heavy atom. The minimum Gasteiger partial charge on any atom is -0.444 e. The lowest BCUT2D eigenvalue weighted by Gasteiger charge is -2.20. The predicted octanol–water partition coefficient (Wildman–Crippen LogP) is 4.75. The molecule has 0 fully saturated rings. The number of hydrogen-bond donors (Lipinski definition) is 1. The number of halogens is 1. The van der Waals surface area contributed by atoms with Crippen LogP contribution in [0.5, 0.6) is 10.9 Å². The van der Waals surface area contributed by atoms with Gasteiger partial charge in [0.2, 0.25) is 0 Å². The van der Waals surface area contributed by atoms with Gasteiger partial charge in [-0.3, -0.25) is 10.1 Å². The molecule has 1 aromatic carbocycles. The van der Waals surface area contributed by atoms with Gasteiger partial charge in [0.15, 0.2) is 6.29 Å². The number of aldehydes is 1. The van der Waals surface area contributed by atoms with E-state index in [0.717, 1.165) is 11.3 Å². The van der Waals surface area contributed by atoms with Crippen LogP contribution in [0.2, 0.25) is 5.02 Å². The maximum absolute atomic E-state index is 11.7. The fourth-order valence-corrected chi connectivity index (χ4v) is 2.36. The third-order valence-electron chi connectivity index (χ3n) is 2.40. The average molecular weight is 355 g/mol. The van der Waals surface area contributed by atoms with Crippen LogP contribution in [0.15, 0.2) is 24.4 Å². The van der Waals surface area contributed by atoms with Crippen LogP contribution in [0.3, 0.4) is 0 Å². The third kappa shape index (κ3) is 5.22. The van der Waals surface area contributed by atoms with Crippen molar-refractivity contribution in [1.29, 1.82) is 0 Å². The molecule has 0 unspecified atom stereocenters. The number of thiazole rings is 1. The third-order valence-corrected chi connectivity index (χ3v) is 3.51. The maximum Gasteiger partial charge on any atom is 0.412 e. The number of carbonyl (C=O) groups is 2. The van der Waals surface area contributed by atoms with Crippen molar-refractivity contribution in [1.82, 2.24) is 4.98 Å². The molecule has 1 amide bonds. The quantitative estimate of drug-likeness (QED) is 0.802. The summed E-state index contributed by atoms with van der Waals surface area (Å²) in [5, 5.41) is 3.18. The number of amides is 1. The Morgan fingerprint density at radius 3 is 2.70 bits per heavy atom. The molecule has 0 aliphatic carbocycles. The zero-order valence-corrected chi connectivity index (χ0v) is 14.3. The predicted molar refractivity (Wildman–Crippen MR) is 88.9 cm³/mol. The molecule has 0 aliphatic heterocycles. The van der Waals surface area contributed by atoms with Gasteiger partial charge in [0, 0.05) is 6.07 Å². The Balaban J connectivity index is 2.05. The van der Waals surface area contributed by atoms with Gasteiger partial charge in [-0.15, -0.1) is 0 Å². The largest absolute Gasteiger partial charge is 0.444 e. The van der Waals surface area contributed by atoms with Gasteiger partial charge in [-0.25, -0.2) is 9.78 Å². The molecule has 23 heavy (non-hydrogen) atoms. The SMILES string of the molecule is CC(C)(C)OC(=O)Nc1ccc(Oc2ncc(C=O)s2)cc1Cl. The minimum atomic E-state index is -0.596. The van der Waals surface area contributed by atoms with Gasteiger partial charge in [-0.1, -0.05) is 22.9 Å². The molecule has 0 saturated carbocycles. The molecule has 0 spiro atoms. The lowest BCUT2D eigenvalue weighted by molar-refractivity contribution is 0.0636. The van der Waals surface area contributed by atoms with Crippen molar-refractivity contribution in [3.63, 3.8) is 0 Å². The average Bonchev–Trinajstić information content (AvgIpc) is 2.87. The van der Waals surface area contributed by atoms with Crippen molar-refractivity contribution in [2.75, 3.05) is 5.32 Å². The van der Waals surface area contributed by atoms with Gasteiger partial charge in [0.25, 0.3) is 5.19 Å². The Morgan fingerprint density at radius 1 is 1.39 bits per heavy atom. The van der Waals surface area contributed by atoms with E-state index in [2.05, 4.69) is 10.3 Å². The fraction of sp³-hybridized carbons (Fsp3) is 0.267. The number of ether oxygens (including phenoxy) is 2. The van der Waals surface area contributed by atoms with Gasteiger partial charge >= 0.3 is 6.09 Å². The first kappa shape index (κ1) is 17.2. The van der Waals surface area contributed by atoms with E-state index in [1.807, 2.05) is 0 Å². The van der Waals surface area contributed by atoms with Gasteiger partial charge in [0.05, 0.1) is 21.8 Å². The number of benzene rings is 1. The van der Waals surface area contributed by atoms with E-state index < -0.39 is 11.7 Å². The monoisotopic (exact) mass is 354 g/mol. The second kappa shape index (κ2) is 6.97. The fourth-order valence-electron chi connectivity index (χ4n) is 1.55. The molecular formula is C15H15ClN2O4S. The van der Waals surface area contributed by atoms with Crippen molar-refractivity contribution < 1.29 is 19.1 Å². The van der Waals surface area contributed by atoms with Crippen molar-refractivity contribution in [3.8, 4) is 10.9 Å². The van der Waals surface area contributed by atoms with Crippen LogP contribution < -0.4 is 10.1 Å². The van der Waals surface area contributed by atoms with E-state index in [9.17, 15) is 9.59 Å². The summed E-state index contributed by atoms with van der Waals surface area (Å²) in [5.41, 5.74) is -0.193. The molecule has 2 aromatic rings. The maximum atomic E-state index is 11.7. The van der Waals surface area contributed by atoms with Crippen LogP contribution in [0.25, 0.3) is 0 Å². The molecule has 1 aromatic heterocycles. The van der Waals surface area contributed by atoms with E-state index in [-0.39, 0.29) is 0 Å². The van der Waals surface area contributed by atoms with Crippen LogP contribution in [-0.4, -0.2) is 23.0 Å². The summed E-state index contributed by atoms with van der Waals surface area (Å²) < 4.78 is 10.7. The Kier molecular flexibility index (Phi) is 5.23. The lowest BCUT2D eigenvalue weighted by Crippen LogP contribution is -2.27. The number of hydrogen-bond acceptors (Lipinski definition) is 6. The van der Waals surface area contributed by atoms with Crippen LogP contribution >= 0.6 is 22.9 Å². The highest BCUT2D eigenvalue weighted by Gasteiger charge is 2.17. The van der Waals surface area contributed by atoms with Crippen molar-refractivity contribution in [2.45, 2.75) is 26.4 Å². The number of nitrogens with zero attached hydrogens (tertiary/aromatic N) is 1. The molecule has 1 heterocycles. The van der Waals surface area contributed by atoms with Crippen LogP contribution in [0.4, 0.5) is 10.5 Å². The Labute approximate surface area is 142 Å². The van der Waals surface area contributed by atoms with Crippen LogP contribution in [0, 0.1) is 0 Å². The lowest BCUT2D eigenvalue weighted by atomic mass is 10.2. The van der Waals surface area contributed by atoms with Gasteiger partial charge < -0.3 is 9.47 Å². The Hall–Kier alpha value is -2.12. The van der Waals surface area contributed by atoms with Crippen LogP contribution in [-0.2, 0) is 4.74 Å². The zero-order chi connectivity index (χ0) is 17.0. The van der Waals surface area contributed by atoms with Crippen molar-refractivity contribution >= 4 is 41.0 Å². The number of rotatable bonds is 4. The number of aromatic nitrogens is 1. The van der Waals surface area contributed by atoms with E-state index in [1.54, 1.807) is 32.9 Å². The normalized spacial score (nSPS) is 11.0. The summed E-state index contributed by atoms with van der Waals surface area (Å²) in [4.78, 5) is 26.8. The Bertz CT molecular complexity index is 725. The summed E-state index contributed by atoms with van der Waals surface area (Å²) in [7, 11) is 0. The molecule has 0 aliphatic rings. The summed E-state index contributed by atoms with van der Waals surface area (Å²) in [6, 6.07) is 4.76. The topological polar surface area (TPSA) is 77.5 Å². The molecule has 6 nitrogen and oxygen atoms in total. The molecule has 8 heteroatoms. The zero-order valence-electron chi connectivity index (χ0n) is 12.8. The molecular weight excluding hydrogens is 340 g/mol. The first-order chi connectivity index (χ1) is 10.8. The minimum absolute atomic E-state index is 0.292. The highest BCUT2D eigenvalue weighted by Crippen LogP contribution is 2.31. The molecule has 0 saturated heterocycles. The van der Waals surface area contributed by atoms with Crippen LogP contribution in [0.1, 0.15) is 30.4 Å². The van der Waals surface area contributed by atoms with Gasteiger partial charge in [-0.05, 0) is 32.9 Å². The molecule has 2 rings (SSSR count). The summed E-state index contributed by atoms with van der Waals surface area (Å²) in [6.07, 6.45) is 1.53. The summed E-state index contributed by atoms with van der Waals surface area (Å²) in [6.45, 7) is 5.31. The summed E-state index contributed by atoms with van der Waals surface area (Å²) in [5.74, 6) is 0.441. The molecule has 122 valence electrons. The number of nitrogens with one attached hydrogen (secondary N) is 1. The van der Waals surface area contributed by atoms with Crippen molar-refractivity contribution in [3.05, 3.63) is 34.3 Å². The van der Waals surface area contributed by atoms with E-state index in [1.165, 1.54) is 12.3 Å². The first-order valence-corrected chi connectivity index (χ1v) is 7.85. The molecule has 0 radical (unpaired) electrons. The molecule has 1 N–H and O–H groups in total.